The molecule has 0 aliphatic rings. The summed E-state index contributed by atoms with van der Waals surface area (Å²) in [6.45, 7) is 2.41. The Morgan fingerprint density at radius 3 is 2.68 bits per heavy atom. The van der Waals surface area contributed by atoms with Crippen molar-refractivity contribution < 1.29 is 13.2 Å². The lowest BCUT2D eigenvalue weighted by Crippen LogP contribution is -2.09. The summed E-state index contributed by atoms with van der Waals surface area (Å²) in [5.74, 6) is 0.604. The lowest BCUT2D eigenvalue weighted by atomic mass is 10.2. The van der Waals surface area contributed by atoms with Gasteiger partial charge in [-0.1, -0.05) is 41.1 Å². The predicted octanol–water partition coefficient (Wildman–Crippen LogP) is 4.95. The minimum absolute atomic E-state index is 0.281. The van der Waals surface area contributed by atoms with Gasteiger partial charge in [0, 0.05) is 35.9 Å². The maximum Gasteiger partial charge on any atom is 0.435 e. The summed E-state index contributed by atoms with van der Waals surface area (Å²) in [7, 11) is 0. The van der Waals surface area contributed by atoms with Crippen LogP contribution in [0.5, 0.6) is 0 Å². The number of halogens is 4. The molecule has 0 aliphatic carbocycles. The topological polar surface area (TPSA) is 73.5 Å². The van der Waals surface area contributed by atoms with Gasteiger partial charge in [0.25, 0.3) is 0 Å². The van der Waals surface area contributed by atoms with Crippen molar-refractivity contribution in [3.8, 4) is 0 Å². The molecular formula is C19H17ClF3N7S. The van der Waals surface area contributed by atoms with E-state index in [2.05, 4.69) is 25.7 Å². The molecule has 1 aromatic carbocycles. The monoisotopic (exact) mass is 467 g/mol. The second-order valence-corrected chi connectivity index (χ2v) is 8.23. The molecule has 1 N–H and O–H groups in total. The van der Waals surface area contributed by atoms with Gasteiger partial charge in [0.2, 0.25) is 5.13 Å². The second kappa shape index (κ2) is 8.67. The summed E-state index contributed by atoms with van der Waals surface area (Å²) in [5, 5.41) is 21.2. The van der Waals surface area contributed by atoms with E-state index in [0.29, 0.717) is 39.6 Å². The molecule has 0 aliphatic heterocycles. The van der Waals surface area contributed by atoms with Gasteiger partial charge in [-0.3, -0.25) is 9.36 Å². The Labute approximate surface area is 184 Å². The number of nitrogens with one attached hydrogen (secondary N) is 1. The van der Waals surface area contributed by atoms with Crippen molar-refractivity contribution >= 4 is 33.9 Å². The van der Waals surface area contributed by atoms with Crippen molar-refractivity contribution in [1.29, 1.82) is 0 Å². The number of rotatable bonds is 7. The van der Waals surface area contributed by atoms with Crippen LogP contribution in [0.25, 0.3) is 0 Å². The van der Waals surface area contributed by atoms with Gasteiger partial charge in [-0.15, -0.1) is 10.2 Å². The zero-order valence-electron chi connectivity index (χ0n) is 16.3. The molecule has 0 bridgehead atoms. The molecule has 0 fully saturated rings. The van der Waals surface area contributed by atoms with E-state index in [-0.39, 0.29) is 6.54 Å². The Morgan fingerprint density at radius 1 is 1.13 bits per heavy atom. The number of hydrogen-bond acceptors (Lipinski definition) is 6. The van der Waals surface area contributed by atoms with Crippen LogP contribution in [-0.2, 0) is 25.7 Å². The highest BCUT2D eigenvalue weighted by Gasteiger charge is 2.34. The first kappa shape index (κ1) is 21.3. The van der Waals surface area contributed by atoms with Crippen LogP contribution in [-0.4, -0.2) is 29.8 Å². The largest absolute Gasteiger partial charge is 0.435 e. The van der Waals surface area contributed by atoms with Crippen LogP contribution in [0.4, 0.5) is 24.1 Å². The summed E-state index contributed by atoms with van der Waals surface area (Å²) >= 11 is 7.50. The van der Waals surface area contributed by atoms with E-state index in [1.807, 2.05) is 36.5 Å². The smallest absolute Gasteiger partial charge is 0.313 e. The number of anilines is 2. The summed E-state index contributed by atoms with van der Waals surface area (Å²) < 4.78 is 41.4. The number of alkyl halides is 3. The van der Waals surface area contributed by atoms with Crippen molar-refractivity contribution in [2.24, 2.45) is 0 Å². The van der Waals surface area contributed by atoms with Crippen molar-refractivity contribution in [2.75, 3.05) is 5.32 Å². The first-order chi connectivity index (χ1) is 14.8. The SMILES string of the molecule is Cc1cc(C(F)(F)F)nn1CCc1nnc(Nc2ccn(Cc3ccccc3Cl)n2)s1. The fourth-order valence-electron chi connectivity index (χ4n) is 2.91. The van der Waals surface area contributed by atoms with Gasteiger partial charge in [0.05, 0.1) is 6.54 Å². The van der Waals surface area contributed by atoms with Crippen LogP contribution in [0.3, 0.4) is 0 Å². The number of hydrogen-bond donors (Lipinski definition) is 1. The van der Waals surface area contributed by atoms with Crippen LogP contribution in [0, 0.1) is 6.92 Å². The van der Waals surface area contributed by atoms with Gasteiger partial charge in [-0.25, -0.2) is 0 Å². The minimum Gasteiger partial charge on any atom is -0.313 e. The van der Waals surface area contributed by atoms with E-state index in [1.165, 1.54) is 16.0 Å². The van der Waals surface area contributed by atoms with Crippen LogP contribution in [0.2, 0.25) is 5.02 Å². The Bertz CT molecular complexity index is 1180. The molecule has 0 radical (unpaired) electrons. The summed E-state index contributed by atoms with van der Waals surface area (Å²) in [6, 6.07) is 10.4. The average Bonchev–Trinajstić information content (AvgIpc) is 3.43. The van der Waals surface area contributed by atoms with Gasteiger partial charge in [0.1, 0.15) is 5.01 Å². The number of aromatic nitrogens is 6. The maximum atomic E-state index is 12.8. The molecule has 0 amide bonds. The average molecular weight is 468 g/mol. The highest BCUT2D eigenvalue weighted by molar-refractivity contribution is 7.15. The maximum absolute atomic E-state index is 12.8. The first-order valence-corrected chi connectivity index (χ1v) is 10.5. The van der Waals surface area contributed by atoms with Crippen molar-refractivity contribution in [3.05, 3.63) is 69.6 Å². The fraction of sp³-hybridized carbons (Fsp3) is 0.263. The van der Waals surface area contributed by atoms with Gasteiger partial charge in [-0.2, -0.15) is 23.4 Å². The van der Waals surface area contributed by atoms with Crippen LogP contribution >= 0.6 is 22.9 Å². The molecule has 3 aromatic heterocycles. The molecule has 4 rings (SSSR count). The molecule has 0 atom stereocenters. The van der Waals surface area contributed by atoms with E-state index in [0.717, 1.165) is 11.6 Å². The molecule has 12 heteroatoms. The van der Waals surface area contributed by atoms with Crippen molar-refractivity contribution in [2.45, 2.75) is 32.6 Å². The molecule has 162 valence electrons. The molecule has 4 aromatic rings. The third kappa shape index (κ3) is 5.23. The molecule has 0 saturated heterocycles. The first-order valence-electron chi connectivity index (χ1n) is 9.26. The molecular weight excluding hydrogens is 451 g/mol. The fourth-order valence-corrected chi connectivity index (χ4v) is 3.84. The van der Waals surface area contributed by atoms with Crippen LogP contribution in [0.15, 0.2) is 42.6 Å². The van der Waals surface area contributed by atoms with Crippen molar-refractivity contribution in [1.82, 2.24) is 29.8 Å². The molecule has 0 spiro atoms. The quantitative estimate of drug-likeness (QED) is 0.416. The Balaban J connectivity index is 1.35. The minimum atomic E-state index is -4.45. The van der Waals surface area contributed by atoms with E-state index in [1.54, 1.807) is 11.6 Å². The van der Waals surface area contributed by atoms with Gasteiger partial charge < -0.3 is 5.32 Å². The standard InChI is InChI=1S/C19H17ClF3N7S/c1-12-10-15(19(21,22)23)27-30(12)9-7-17-25-26-18(31-17)24-16-6-8-29(28-16)11-13-4-2-3-5-14(13)20/h2-6,8,10H,7,9,11H2,1H3,(H,24,26,28). The normalized spacial score (nSPS) is 11.8. The second-order valence-electron chi connectivity index (χ2n) is 6.76. The molecule has 7 nitrogen and oxygen atoms in total. The molecule has 3 heterocycles. The number of benzene rings is 1. The highest BCUT2D eigenvalue weighted by Crippen LogP contribution is 2.28. The Hall–Kier alpha value is -2.92. The third-order valence-corrected chi connectivity index (χ3v) is 5.71. The summed E-state index contributed by atoms with van der Waals surface area (Å²) in [4.78, 5) is 0. The summed E-state index contributed by atoms with van der Waals surface area (Å²) in [5.41, 5.74) is 0.510. The molecule has 31 heavy (non-hydrogen) atoms. The van der Waals surface area contributed by atoms with Gasteiger partial charge in [0.15, 0.2) is 11.5 Å². The summed E-state index contributed by atoms with van der Waals surface area (Å²) in [6.07, 6.45) is -2.21. The predicted molar refractivity (Wildman–Crippen MR) is 112 cm³/mol. The number of nitrogens with zero attached hydrogens (tertiary/aromatic N) is 6. The van der Waals surface area contributed by atoms with E-state index in [4.69, 9.17) is 11.6 Å². The van der Waals surface area contributed by atoms with E-state index < -0.39 is 11.9 Å². The zero-order chi connectivity index (χ0) is 22.0. The van der Waals surface area contributed by atoms with E-state index in [9.17, 15) is 13.2 Å². The van der Waals surface area contributed by atoms with Crippen LogP contribution < -0.4 is 5.32 Å². The third-order valence-electron chi connectivity index (χ3n) is 4.44. The van der Waals surface area contributed by atoms with E-state index >= 15 is 0 Å². The lowest BCUT2D eigenvalue weighted by Gasteiger charge is -2.04. The van der Waals surface area contributed by atoms with Crippen molar-refractivity contribution in [3.63, 3.8) is 0 Å². The Morgan fingerprint density at radius 2 is 1.94 bits per heavy atom. The van der Waals surface area contributed by atoms with Gasteiger partial charge in [-0.05, 0) is 24.6 Å². The van der Waals surface area contributed by atoms with Gasteiger partial charge >= 0.3 is 6.18 Å². The molecule has 0 saturated carbocycles. The number of aryl methyl sites for hydroxylation is 3. The highest BCUT2D eigenvalue weighted by atomic mass is 35.5. The zero-order valence-corrected chi connectivity index (χ0v) is 17.8. The van der Waals surface area contributed by atoms with Crippen LogP contribution in [0.1, 0.15) is 22.0 Å². The molecule has 0 unspecified atom stereocenters. The lowest BCUT2D eigenvalue weighted by molar-refractivity contribution is -0.141. The Kier molecular flexibility index (Phi) is 5.96.